The lowest BCUT2D eigenvalue weighted by Crippen LogP contribution is -2.29. The van der Waals surface area contributed by atoms with E-state index in [0.29, 0.717) is 35.8 Å². The van der Waals surface area contributed by atoms with Crippen molar-refractivity contribution in [3.63, 3.8) is 0 Å². The minimum absolute atomic E-state index is 0.00431. The van der Waals surface area contributed by atoms with Gasteiger partial charge in [-0.05, 0) is 44.4 Å². The Kier molecular flexibility index (Phi) is 6.12. The molecule has 1 aromatic carbocycles. The summed E-state index contributed by atoms with van der Waals surface area (Å²) in [5, 5.41) is 20.2. The molecule has 1 aliphatic rings. The van der Waals surface area contributed by atoms with Crippen LogP contribution in [0.2, 0.25) is 0 Å². The van der Waals surface area contributed by atoms with Gasteiger partial charge < -0.3 is 14.6 Å². The third-order valence-electron chi connectivity index (χ3n) is 4.75. The average Bonchev–Trinajstić information content (AvgIpc) is 3.20. The van der Waals surface area contributed by atoms with E-state index in [1.54, 1.807) is 13.0 Å². The Bertz CT molecular complexity index is 982. The number of aromatic hydroxyl groups is 1. The van der Waals surface area contributed by atoms with Gasteiger partial charge in [-0.25, -0.2) is 0 Å². The van der Waals surface area contributed by atoms with E-state index in [2.05, 4.69) is 4.99 Å². The summed E-state index contributed by atoms with van der Waals surface area (Å²) >= 11 is 0. The van der Waals surface area contributed by atoms with Gasteiger partial charge in [-0.15, -0.1) is 0 Å². The van der Waals surface area contributed by atoms with Gasteiger partial charge >= 0.3 is 0 Å². The van der Waals surface area contributed by atoms with Crippen LogP contribution in [0.5, 0.6) is 11.6 Å². The molecule has 1 fully saturated rings. The molecule has 146 valence electrons. The molecule has 0 aliphatic carbocycles. The van der Waals surface area contributed by atoms with E-state index in [1.807, 2.05) is 31.2 Å². The summed E-state index contributed by atoms with van der Waals surface area (Å²) in [5.41, 5.74) is 0.806. The highest BCUT2D eigenvalue weighted by Gasteiger charge is 2.23. The van der Waals surface area contributed by atoms with Crippen LogP contribution in [-0.4, -0.2) is 35.2 Å². The monoisotopic (exact) mass is 381 g/mol. The van der Waals surface area contributed by atoms with Crippen LogP contribution in [0, 0.1) is 18.3 Å². The molecule has 7 heteroatoms. The topological polar surface area (TPSA) is 96.8 Å². The number of aliphatic imine (C=N–C) groups is 1. The minimum atomic E-state index is -0.514. The highest BCUT2D eigenvalue weighted by Crippen LogP contribution is 2.28. The second kappa shape index (κ2) is 8.72. The molecule has 1 aliphatic heterocycles. The predicted molar refractivity (Wildman–Crippen MR) is 106 cm³/mol. The zero-order chi connectivity index (χ0) is 20.1. The summed E-state index contributed by atoms with van der Waals surface area (Å²) in [6.07, 6.45) is 3.04. The molecular weight excluding hydrogens is 358 g/mol. The molecule has 1 N–H and O–H groups in total. The fourth-order valence-corrected chi connectivity index (χ4v) is 3.26. The molecule has 1 aromatic heterocycles. The summed E-state index contributed by atoms with van der Waals surface area (Å²) in [4.78, 5) is 17.1. The van der Waals surface area contributed by atoms with Gasteiger partial charge in [0.1, 0.15) is 23.1 Å². The van der Waals surface area contributed by atoms with E-state index in [4.69, 9.17) is 9.47 Å². The number of nitriles is 1. The number of rotatable bonds is 6. The maximum absolute atomic E-state index is 12.7. The molecule has 3 rings (SSSR count). The molecule has 0 radical (unpaired) electrons. The highest BCUT2D eigenvalue weighted by molar-refractivity contribution is 5.87. The maximum Gasteiger partial charge on any atom is 0.271 e. The first-order valence-electron chi connectivity index (χ1n) is 9.30. The Hall–Kier alpha value is -3.11. The van der Waals surface area contributed by atoms with Gasteiger partial charge in [0.25, 0.3) is 5.56 Å². The first-order chi connectivity index (χ1) is 13.6. The van der Waals surface area contributed by atoms with E-state index < -0.39 is 5.56 Å². The third-order valence-corrected chi connectivity index (χ3v) is 4.75. The van der Waals surface area contributed by atoms with Crippen LogP contribution in [0.3, 0.4) is 0 Å². The number of para-hydroxylation sites is 2. The van der Waals surface area contributed by atoms with Crippen molar-refractivity contribution in [2.24, 2.45) is 4.99 Å². The second-order valence-electron chi connectivity index (χ2n) is 6.56. The average molecular weight is 381 g/mol. The lowest BCUT2D eigenvalue weighted by atomic mass is 10.1. The van der Waals surface area contributed by atoms with Gasteiger partial charge in [-0.1, -0.05) is 12.1 Å². The number of hydrogen-bond donors (Lipinski definition) is 1. The number of aromatic nitrogens is 1. The van der Waals surface area contributed by atoms with E-state index in [1.165, 1.54) is 10.8 Å². The fraction of sp³-hybridized carbons (Fsp3) is 0.381. The summed E-state index contributed by atoms with van der Waals surface area (Å²) in [7, 11) is 0. The summed E-state index contributed by atoms with van der Waals surface area (Å²) in [6, 6.07) is 9.24. The predicted octanol–water partition coefficient (Wildman–Crippen LogP) is 3.06. The Labute approximate surface area is 163 Å². The third kappa shape index (κ3) is 3.92. The molecular formula is C21H23N3O4. The summed E-state index contributed by atoms with van der Waals surface area (Å²) < 4.78 is 12.3. The number of pyridine rings is 1. The Balaban J connectivity index is 2.05. The van der Waals surface area contributed by atoms with Crippen LogP contribution in [0.1, 0.15) is 36.5 Å². The smallest absolute Gasteiger partial charge is 0.271 e. The Morgan fingerprint density at radius 3 is 2.93 bits per heavy atom. The molecule has 0 amide bonds. The quantitative estimate of drug-likeness (QED) is 0.776. The molecule has 0 saturated carbocycles. The molecule has 2 heterocycles. The van der Waals surface area contributed by atoms with Crippen molar-refractivity contribution < 1.29 is 14.6 Å². The van der Waals surface area contributed by atoms with Gasteiger partial charge in [0.05, 0.1) is 24.8 Å². The highest BCUT2D eigenvalue weighted by atomic mass is 16.5. The van der Waals surface area contributed by atoms with Crippen LogP contribution >= 0.6 is 0 Å². The van der Waals surface area contributed by atoms with E-state index in [0.717, 1.165) is 12.8 Å². The number of hydrogen-bond acceptors (Lipinski definition) is 6. The molecule has 1 saturated heterocycles. The standard InChI is InChI=1S/C21H23N3O4/c1-3-27-19-9-5-4-8-18(19)23-12-17-14(2)16(11-22)20(25)24(21(17)26)13-15-7-6-10-28-15/h4-5,8-9,12,15,26H,3,6-7,10,13H2,1-2H3. The number of benzene rings is 1. The largest absolute Gasteiger partial charge is 0.494 e. The van der Waals surface area contributed by atoms with Crippen LogP contribution < -0.4 is 10.3 Å². The summed E-state index contributed by atoms with van der Waals surface area (Å²) in [6.45, 7) is 4.86. The van der Waals surface area contributed by atoms with Gasteiger partial charge in [0.2, 0.25) is 5.88 Å². The van der Waals surface area contributed by atoms with Gasteiger partial charge in [-0.2, -0.15) is 5.26 Å². The lowest BCUT2D eigenvalue weighted by molar-refractivity contribution is 0.0938. The molecule has 7 nitrogen and oxygen atoms in total. The second-order valence-corrected chi connectivity index (χ2v) is 6.56. The van der Waals surface area contributed by atoms with Crippen LogP contribution in [-0.2, 0) is 11.3 Å². The molecule has 28 heavy (non-hydrogen) atoms. The fourth-order valence-electron chi connectivity index (χ4n) is 3.26. The van der Waals surface area contributed by atoms with Gasteiger partial charge in [0, 0.05) is 12.8 Å². The Morgan fingerprint density at radius 1 is 1.46 bits per heavy atom. The van der Waals surface area contributed by atoms with Crippen LogP contribution in [0.4, 0.5) is 5.69 Å². The normalized spacial score (nSPS) is 16.4. The number of nitrogens with zero attached hydrogens (tertiary/aromatic N) is 3. The first-order valence-corrected chi connectivity index (χ1v) is 9.30. The SMILES string of the molecule is CCOc1ccccc1N=Cc1c(C)c(C#N)c(=O)n(CC2CCCO2)c1O. The molecule has 1 unspecified atom stereocenters. The molecule has 0 bridgehead atoms. The van der Waals surface area contributed by atoms with Crippen molar-refractivity contribution in [3.05, 3.63) is 51.3 Å². The molecule has 2 aromatic rings. The molecule has 1 atom stereocenters. The van der Waals surface area contributed by atoms with Crippen molar-refractivity contribution in [1.29, 1.82) is 5.26 Å². The molecule has 0 spiro atoms. The minimum Gasteiger partial charge on any atom is -0.494 e. The van der Waals surface area contributed by atoms with Crippen molar-refractivity contribution >= 4 is 11.9 Å². The van der Waals surface area contributed by atoms with E-state index in [9.17, 15) is 15.2 Å². The van der Waals surface area contributed by atoms with Crippen molar-refractivity contribution in [2.75, 3.05) is 13.2 Å². The van der Waals surface area contributed by atoms with Gasteiger partial charge in [0.15, 0.2) is 0 Å². The van der Waals surface area contributed by atoms with Crippen LogP contribution in [0.25, 0.3) is 0 Å². The maximum atomic E-state index is 12.7. The van der Waals surface area contributed by atoms with Crippen molar-refractivity contribution in [2.45, 2.75) is 39.3 Å². The zero-order valence-corrected chi connectivity index (χ0v) is 16.0. The number of ether oxygens (including phenoxy) is 2. The zero-order valence-electron chi connectivity index (χ0n) is 16.0. The van der Waals surface area contributed by atoms with E-state index in [-0.39, 0.29) is 24.1 Å². The van der Waals surface area contributed by atoms with E-state index >= 15 is 0 Å². The Morgan fingerprint density at radius 2 is 2.25 bits per heavy atom. The van der Waals surface area contributed by atoms with Crippen molar-refractivity contribution in [3.8, 4) is 17.7 Å². The first kappa shape index (κ1) is 19.6. The van der Waals surface area contributed by atoms with Crippen molar-refractivity contribution in [1.82, 2.24) is 4.57 Å². The van der Waals surface area contributed by atoms with Crippen LogP contribution in [0.15, 0.2) is 34.1 Å². The van der Waals surface area contributed by atoms with Gasteiger partial charge in [-0.3, -0.25) is 14.4 Å². The summed E-state index contributed by atoms with van der Waals surface area (Å²) in [5.74, 6) is 0.404. The lowest BCUT2D eigenvalue weighted by Gasteiger charge is -2.17.